The molecule has 11 heteroatoms. The summed E-state index contributed by atoms with van der Waals surface area (Å²) in [7, 11) is -3.71. The van der Waals surface area contributed by atoms with Gasteiger partial charge in [-0.25, -0.2) is 13.4 Å². The number of hydrogen-bond donors (Lipinski definition) is 2. The fourth-order valence-corrected chi connectivity index (χ4v) is 6.25. The number of benzene rings is 2. The number of sulfonamides is 1. The van der Waals surface area contributed by atoms with E-state index in [4.69, 9.17) is 11.6 Å². The zero-order valence-electron chi connectivity index (χ0n) is 17.2. The molecule has 2 aromatic carbocycles. The summed E-state index contributed by atoms with van der Waals surface area (Å²) < 4.78 is 27.7. The number of aromatic nitrogens is 1. The Balaban J connectivity index is 1.39. The van der Waals surface area contributed by atoms with Crippen LogP contribution in [0, 0.1) is 0 Å². The lowest BCUT2D eigenvalue weighted by Crippen LogP contribution is -2.19. The Labute approximate surface area is 208 Å². The predicted molar refractivity (Wildman–Crippen MR) is 139 cm³/mol. The van der Waals surface area contributed by atoms with Crippen LogP contribution < -0.4 is 10.0 Å². The second-order valence-corrected chi connectivity index (χ2v) is 11.4. The number of carbonyl (C=O) groups excluding carboxylic acids is 1. The highest BCUT2D eigenvalue weighted by Gasteiger charge is 2.24. The summed E-state index contributed by atoms with van der Waals surface area (Å²) in [4.78, 5) is 21.7. The number of amidine groups is 1. The van der Waals surface area contributed by atoms with Crippen molar-refractivity contribution in [2.24, 2.45) is 4.99 Å². The standard InChI is InChI=1S/C23H15ClN4O3S3/c24-17-7-6-16(28-34(30,31)21-4-2-10-32-21)13-19(17)26-23-27-22(29)20(33-23)12-14-5-8-18-15(11-14)3-1-9-25-18/h1-13,28H,(H,26,27,29). The van der Waals surface area contributed by atoms with Crippen molar-refractivity contribution >= 4 is 84.2 Å². The Morgan fingerprint density at radius 1 is 1.09 bits per heavy atom. The predicted octanol–water partition coefficient (Wildman–Crippen LogP) is 5.64. The highest BCUT2D eigenvalue weighted by Crippen LogP contribution is 2.33. The number of aliphatic imine (C=N–C) groups is 1. The van der Waals surface area contributed by atoms with Crippen LogP contribution in [0.25, 0.3) is 17.0 Å². The van der Waals surface area contributed by atoms with Gasteiger partial charge >= 0.3 is 0 Å². The van der Waals surface area contributed by atoms with Gasteiger partial charge in [0.2, 0.25) is 0 Å². The third-order valence-corrected chi connectivity index (χ3v) is 8.76. The lowest BCUT2D eigenvalue weighted by molar-refractivity contribution is -0.115. The summed E-state index contributed by atoms with van der Waals surface area (Å²) >= 11 is 8.58. The second kappa shape index (κ2) is 9.22. The molecule has 0 bridgehead atoms. The molecule has 7 nitrogen and oxygen atoms in total. The van der Waals surface area contributed by atoms with Crippen molar-refractivity contribution < 1.29 is 13.2 Å². The molecule has 2 N–H and O–H groups in total. The first-order valence-electron chi connectivity index (χ1n) is 9.88. The molecule has 5 rings (SSSR count). The van der Waals surface area contributed by atoms with Crippen molar-refractivity contribution in [2.75, 3.05) is 4.72 Å². The summed E-state index contributed by atoms with van der Waals surface area (Å²) in [6, 6.07) is 17.4. The van der Waals surface area contributed by atoms with Gasteiger partial charge in [0.1, 0.15) is 4.21 Å². The molecule has 1 aliphatic rings. The normalized spacial score (nSPS) is 16.3. The van der Waals surface area contributed by atoms with Crippen LogP contribution >= 0.6 is 34.7 Å². The van der Waals surface area contributed by atoms with E-state index in [9.17, 15) is 13.2 Å². The van der Waals surface area contributed by atoms with E-state index in [2.05, 4.69) is 20.0 Å². The van der Waals surface area contributed by atoms with Crippen LogP contribution in [0.1, 0.15) is 5.56 Å². The Kier molecular flexibility index (Phi) is 6.13. The van der Waals surface area contributed by atoms with Gasteiger partial charge in [-0.2, -0.15) is 0 Å². The Morgan fingerprint density at radius 3 is 2.79 bits per heavy atom. The van der Waals surface area contributed by atoms with Crippen molar-refractivity contribution in [2.45, 2.75) is 4.21 Å². The van der Waals surface area contributed by atoms with Gasteiger partial charge in [0.15, 0.2) is 5.17 Å². The molecule has 1 saturated heterocycles. The average Bonchev–Trinajstić information content (AvgIpc) is 3.47. The molecule has 0 radical (unpaired) electrons. The SMILES string of the molecule is O=C1NC(=Nc2cc(NS(=O)(=O)c3cccs3)ccc2Cl)SC1=Cc1ccc2ncccc2c1. The van der Waals surface area contributed by atoms with Crippen LogP contribution in [0.15, 0.2) is 86.3 Å². The van der Waals surface area contributed by atoms with E-state index in [1.807, 2.05) is 30.3 Å². The molecule has 3 heterocycles. The zero-order valence-corrected chi connectivity index (χ0v) is 20.4. The number of fused-ring (bicyclic) bond motifs is 1. The summed E-state index contributed by atoms with van der Waals surface area (Å²) in [5, 5.41) is 6.05. The molecule has 1 amide bonds. The van der Waals surface area contributed by atoms with E-state index in [1.54, 1.807) is 35.9 Å². The van der Waals surface area contributed by atoms with Crippen LogP contribution in [-0.4, -0.2) is 24.5 Å². The van der Waals surface area contributed by atoms with Gasteiger partial charge in [-0.05, 0) is 71.2 Å². The lowest BCUT2D eigenvalue weighted by Gasteiger charge is -2.08. The molecule has 2 aromatic heterocycles. The van der Waals surface area contributed by atoms with Gasteiger partial charge in [-0.15, -0.1) is 11.3 Å². The Bertz CT molecular complexity index is 1580. The van der Waals surface area contributed by atoms with Gasteiger partial charge in [-0.1, -0.05) is 29.8 Å². The number of thiophene rings is 1. The van der Waals surface area contributed by atoms with Crippen LogP contribution in [0.5, 0.6) is 0 Å². The van der Waals surface area contributed by atoms with Crippen molar-refractivity contribution in [3.63, 3.8) is 0 Å². The van der Waals surface area contributed by atoms with Crippen LogP contribution in [0.3, 0.4) is 0 Å². The number of hydrogen-bond acceptors (Lipinski definition) is 7. The number of anilines is 1. The number of amides is 1. The minimum Gasteiger partial charge on any atom is -0.300 e. The third kappa shape index (κ3) is 4.85. The monoisotopic (exact) mass is 526 g/mol. The minimum atomic E-state index is -3.71. The number of thioether (sulfide) groups is 1. The van der Waals surface area contributed by atoms with E-state index in [0.29, 0.717) is 26.5 Å². The molecule has 1 aliphatic heterocycles. The average molecular weight is 527 g/mol. The first-order chi connectivity index (χ1) is 16.4. The number of halogens is 1. The van der Waals surface area contributed by atoms with E-state index < -0.39 is 10.0 Å². The highest BCUT2D eigenvalue weighted by molar-refractivity contribution is 8.18. The van der Waals surface area contributed by atoms with Crippen molar-refractivity contribution in [1.82, 2.24) is 10.3 Å². The van der Waals surface area contributed by atoms with E-state index in [1.165, 1.54) is 23.9 Å². The number of rotatable bonds is 5. The van der Waals surface area contributed by atoms with Crippen LogP contribution in [0.4, 0.5) is 11.4 Å². The fourth-order valence-electron chi connectivity index (χ4n) is 3.21. The molecule has 0 spiro atoms. The topological polar surface area (TPSA) is 101 Å². The Hall–Kier alpha value is -3.18. The number of carbonyl (C=O) groups is 1. The van der Waals surface area contributed by atoms with Crippen LogP contribution in [0.2, 0.25) is 5.02 Å². The smallest absolute Gasteiger partial charge is 0.271 e. The van der Waals surface area contributed by atoms with E-state index in [0.717, 1.165) is 27.8 Å². The minimum absolute atomic E-state index is 0.202. The van der Waals surface area contributed by atoms with E-state index >= 15 is 0 Å². The maximum Gasteiger partial charge on any atom is 0.271 e. The third-order valence-electron chi connectivity index (χ3n) is 4.76. The zero-order chi connectivity index (χ0) is 23.7. The molecule has 4 aromatic rings. The van der Waals surface area contributed by atoms with Gasteiger partial charge < -0.3 is 5.32 Å². The van der Waals surface area contributed by atoms with Crippen molar-refractivity contribution in [3.8, 4) is 0 Å². The first-order valence-corrected chi connectivity index (χ1v) is 13.4. The summed E-state index contributed by atoms with van der Waals surface area (Å²) in [6.07, 6.45) is 3.51. The van der Waals surface area contributed by atoms with Gasteiger partial charge in [0, 0.05) is 11.6 Å². The largest absolute Gasteiger partial charge is 0.300 e. The first kappa shape index (κ1) is 22.6. The molecule has 170 valence electrons. The second-order valence-electron chi connectivity index (χ2n) is 7.14. The molecule has 0 saturated carbocycles. The molecule has 0 atom stereocenters. The maximum atomic E-state index is 12.5. The quantitative estimate of drug-likeness (QED) is 0.328. The lowest BCUT2D eigenvalue weighted by atomic mass is 10.1. The highest BCUT2D eigenvalue weighted by atomic mass is 35.5. The summed E-state index contributed by atoms with van der Waals surface area (Å²) in [6.45, 7) is 0. The number of nitrogens with zero attached hydrogens (tertiary/aromatic N) is 2. The number of nitrogens with one attached hydrogen (secondary N) is 2. The summed E-state index contributed by atoms with van der Waals surface area (Å²) in [5.74, 6) is -0.277. The molecule has 0 aliphatic carbocycles. The molecule has 0 unspecified atom stereocenters. The van der Waals surface area contributed by atoms with Gasteiger partial charge in [-0.3, -0.25) is 14.5 Å². The Morgan fingerprint density at radius 2 is 1.97 bits per heavy atom. The van der Waals surface area contributed by atoms with Gasteiger partial charge in [0.25, 0.3) is 15.9 Å². The van der Waals surface area contributed by atoms with E-state index in [-0.39, 0.29) is 10.1 Å². The summed E-state index contributed by atoms with van der Waals surface area (Å²) in [5.41, 5.74) is 2.38. The molecule has 1 fully saturated rings. The molecular formula is C23H15ClN4O3S3. The maximum absolute atomic E-state index is 12.5. The fraction of sp³-hybridized carbons (Fsp3) is 0. The van der Waals surface area contributed by atoms with Crippen molar-refractivity contribution in [3.05, 3.63) is 87.7 Å². The van der Waals surface area contributed by atoms with Crippen molar-refractivity contribution in [1.29, 1.82) is 0 Å². The van der Waals surface area contributed by atoms with Crippen LogP contribution in [-0.2, 0) is 14.8 Å². The number of pyridine rings is 1. The molecule has 34 heavy (non-hydrogen) atoms. The molecular weight excluding hydrogens is 512 g/mol. The van der Waals surface area contributed by atoms with Gasteiger partial charge in [0.05, 0.1) is 26.8 Å².